The van der Waals surface area contributed by atoms with Gasteiger partial charge in [-0.3, -0.25) is 0 Å². The van der Waals surface area contributed by atoms with Crippen LogP contribution in [0, 0.1) is 17.1 Å². The van der Waals surface area contributed by atoms with Crippen molar-refractivity contribution in [1.29, 1.82) is 5.26 Å². The molecule has 1 rings (SSSR count). The summed E-state index contributed by atoms with van der Waals surface area (Å²) >= 11 is 0. The molecule has 0 saturated heterocycles. The Morgan fingerprint density at radius 2 is 2.33 bits per heavy atom. The number of ether oxygens (including phenoxy) is 1. The summed E-state index contributed by atoms with van der Waals surface area (Å²) in [6.45, 7) is 4.11. The third kappa shape index (κ3) is 3.08. The fraction of sp³-hybridized carbons (Fsp3) is 0.182. The summed E-state index contributed by atoms with van der Waals surface area (Å²) in [5.74, 6) is -0.456. The summed E-state index contributed by atoms with van der Waals surface area (Å²) in [6.07, 6.45) is 0. The molecule has 1 aromatic rings. The van der Waals surface area contributed by atoms with Crippen molar-refractivity contribution in [3.63, 3.8) is 0 Å². The quantitative estimate of drug-likeness (QED) is 0.761. The Morgan fingerprint density at radius 3 is 2.87 bits per heavy atom. The molecule has 0 radical (unpaired) electrons. The minimum absolute atomic E-state index is 0.101. The van der Waals surface area contributed by atoms with Crippen molar-refractivity contribution in [3.8, 4) is 11.8 Å². The topological polar surface area (TPSA) is 59.0 Å². The van der Waals surface area contributed by atoms with E-state index in [1.165, 1.54) is 12.1 Å². The molecule has 15 heavy (non-hydrogen) atoms. The number of halogens is 1. The molecule has 0 fully saturated rings. The van der Waals surface area contributed by atoms with Gasteiger partial charge in [0.05, 0.1) is 11.6 Å². The first-order valence-electron chi connectivity index (χ1n) is 4.36. The van der Waals surface area contributed by atoms with Crippen LogP contribution in [0.4, 0.5) is 4.39 Å². The number of nitriles is 1. The largest absolute Gasteiger partial charge is 0.486 e. The Balaban J connectivity index is 2.71. The zero-order chi connectivity index (χ0) is 11.3. The number of benzene rings is 1. The van der Waals surface area contributed by atoms with Crippen LogP contribution < -0.4 is 10.5 Å². The normalized spacial score (nSPS) is 9.40. The van der Waals surface area contributed by atoms with E-state index in [0.29, 0.717) is 12.1 Å². The molecule has 78 valence electrons. The molecule has 0 bridgehead atoms. The summed E-state index contributed by atoms with van der Waals surface area (Å²) in [5.41, 5.74) is 6.24. The fourth-order valence-corrected chi connectivity index (χ4v) is 0.926. The van der Waals surface area contributed by atoms with E-state index in [1.54, 1.807) is 0 Å². The lowest BCUT2D eigenvalue weighted by molar-refractivity contribution is 0.331. The predicted molar refractivity (Wildman–Crippen MR) is 54.8 cm³/mol. The minimum Gasteiger partial charge on any atom is -0.486 e. The number of hydrogen-bond acceptors (Lipinski definition) is 3. The van der Waals surface area contributed by atoms with Crippen LogP contribution in [0.15, 0.2) is 30.4 Å². The fourth-order valence-electron chi connectivity index (χ4n) is 0.926. The van der Waals surface area contributed by atoms with Gasteiger partial charge in [-0.1, -0.05) is 6.58 Å². The van der Waals surface area contributed by atoms with Gasteiger partial charge in [-0.05, 0) is 23.8 Å². The Labute approximate surface area is 87.6 Å². The second-order valence-corrected chi connectivity index (χ2v) is 3.00. The van der Waals surface area contributed by atoms with Crippen LogP contribution in [0.2, 0.25) is 0 Å². The van der Waals surface area contributed by atoms with Crippen LogP contribution in [0.25, 0.3) is 0 Å². The van der Waals surface area contributed by atoms with Gasteiger partial charge in [0.25, 0.3) is 0 Å². The van der Waals surface area contributed by atoms with Crippen molar-refractivity contribution in [1.82, 2.24) is 0 Å². The van der Waals surface area contributed by atoms with Gasteiger partial charge in [0.2, 0.25) is 0 Å². The molecular formula is C11H11FN2O. The standard InChI is InChI=1S/C11H11FN2O/c1-8(5-13)7-15-11-3-2-9(6-14)4-10(11)12/h2-4H,1,5,7,13H2. The highest BCUT2D eigenvalue weighted by atomic mass is 19.1. The first-order chi connectivity index (χ1) is 7.17. The molecule has 0 aliphatic heterocycles. The summed E-state index contributed by atoms with van der Waals surface area (Å²) in [4.78, 5) is 0. The molecule has 0 heterocycles. The van der Waals surface area contributed by atoms with Crippen LogP contribution in [0.1, 0.15) is 5.56 Å². The lowest BCUT2D eigenvalue weighted by atomic mass is 10.2. The van der Waals surface area contributed by atoms with Gasteiger partial charge < -0.3 is 10.5 Å². The van der Waals surface area contributed by atoms with Crippen LogP contribution in [0.3, 0.4) is 0 Å². The third-order valence-electron chi connectivity index (χ3n) is 1.78. The Morgan fingerprint density at radius 1 is 1.60 bits per heavy atom. The second kappa shape index (κ2) is 5.13. The average molecular weight is 206 g/mol. The molecule has 0 spiro atoms. The van der Waals surface area contributed by atoms with Crippen molar-refractivity contribution in [2.45, 2.75) is 0 Å². The minimum atomic E-state index is -0.557. The highest BCUT2D eigenvalue weighted by Gasteiger charge is 2.04. The smallest absolute Gasteiger partial charge is 0.166 e. The number of hydrogen-bond donors (Lipinski definition) is 1. The van der Waals surface area contributed by atoms with Gasteiger partial charge in [0, 0.05) is 6.54 Å². The van der Waals surface area contributed by atoms with Gasteiger partial charge in [-0.25, -0.2) is 4.39 Å². The Kier molecular flexibility index (Phi) is 3.83. The van der Waals surface area contributed by atoms with E-state index in [0.717, 1.165) is 6.07 Å². The molecule has 0 aliphatic carbocycles. The van der Waals surface area contributed by atoms with Crippen molar-refractivity contribution >= 4 is 0 Å². The summed E-state index contributed by atoms with van der Waals surface area (Å²) in [7, 11) is 0. The van der Waals surface area contributed by atoms with E-state index < -0.39 is 5.82 Å². The lowest BCUT2D eigenvalue weighted by Gasteiger charge is -2.07. The maximum Gasteiger partial charge on any atom is 0.166 e. The van der Waals surface area contributed by atoms with Gasteiger partial charge >= 0.3 is 0 Å². The monoisotopic (exact) mass is 206 g/mol. The van der Waals surface area contributed by atoms with Crippen molar-refractivity contribution in [2.75, 3.05) is 13.2 Å². The zero-order valence-corrected chi connectivity index (χ0v) is 8.16. The molecule has 4 heteroatoms. The van der Waals surface area contributed by atoms with Gasteiger partial charge in [-0.15, -0.1) is 0 Å². The second-order valence-electron chi connectivity index (χ2n) is 3.00. The van der Waals surface area contributed by atoms with Crippen LogP contribution in [-0.4, -0.2) is 13.2 Å². The molecule has 1 aromatic carbocycles. The predicted octanol–water partition coefficient (Wildman–Crippen LogP) is 1.59. The SMILES string of the molecule is C=C(CN)COc1ccc(C#N)cc1F. The maximum absolute atomic E-state index is 13.3. The summed E-state index contributed by atoms with van der Waals surface area (Å²) in [5, 5.41) is 8.52. The molecular weight excluding hydrogens is 195 g/mol. The van der Waals surface area contributed by atoms with Crippen LogP contribution in [0.5, 0.6) is 5.75 Å². The van der Waals surface area contributed by atoms with E-state index >= 15 is 0 Å². The molecule has 0 atom stereocenters. The first kappa shape index (κ1) is 11.2. The van der Waals surface area contributed by atoms with Crippen molar-refractivity contribution < 1.29 is 9.13 Å². The summed E-state index contributed by atoms with van der Waals surface area (Å²) < 4.78 is 18.4. The van der Waals surface area contributed by atoms with E-state index in [1.807, 2.05) is 6.07 Å². The van der Waals surface area contributed by atoms with Crippen LogP contribution in [-0.2, 0) is 0 Å². The number of nitrogens with two attached hydrogens (primary N) is 1. The maximum atomic E-state index is 13.3. The lowest BCUT2D eigenvalue weighted by Crippen LogP contribution is -2.10. The Bertz CT molecular complexity index is 410. The molecule has 0 amide bonds. The van der Waals surface area contributed by atoms with E-state index in [-0.39, 0.29) is 17.9 Å². The third-order valence-corrected chi connectivity index (χ3v) is 1.78. The molecule has 0 aliphatic rings. The molecule has 0 aromatic heterocycles. The van der Waals surface area contributed by atoms with Crippen molar-refractivity contribution in [2.24, 2.45) is 5.73 Å². The summed E-state index contributed by atoms with van der Waals surface area (Å²) in [6, 6.07) is 5.87. The van der Waals surface area contributed by atoms with E-state index in [9.17, 15) is 4.39 Å². The van der Waals surface area contributed by atoms with Crippen molar-refractivity contribution in [3.05, 3.63) is 41.7 Å². The molecule has 2 N–H and O–H groups in total. The van der Waals surface area contributed by atoms with Gasteiger partial charge in [-0.2, -0.15) is 5.26 Å². The van der Waals surface area contributed by atoms with Crippen LogP contribution >= 0.6 is 0 Å². The molecule has 0 unspecified atom stereocenters. The average Bonchev–Trinajstić information content (AvgIpc) is 2.26. The Hall–Kier alpha value is -1.86. The number of rotatable bonds is 4. The van der Waals surface area contributed by atoms with Gasteiger partial charge in [0.15, 0.2) is 11.6 Å². The van der Waals surface area contributed by atoms with Gasteiger partial charge in [0.1, 0.15) is 6.61 Å². The highest BCUT2D eigenvalue weighted by molar-refractivity contribution is 5.36. The highest BCUT2D eigenvalue weighted by Crippen LogP contribution is 2.18. The first-order valence-corrected chi connectivity index (χ1v) is 4.36. The molecule has 0 saturated carbocycles. The number of nitrogens with zero attached hydrogens (tertiary/aromatic N) is 1. The molecule has 3 nitrogen and oxygen atoms in total. The van der Waals surface area contributed by atoms with E-state index in [4.69, 9.17) is 15.7 Å². The van der Waals surface area contributed by atoms with E-state index in [2.05, 4.69) is 6.58 Å². The zero-order valence-electron chi connectivity index (χ0n) is 8.16.